The van der Waals surface area contributed by atoms with Crippen molar-refractivity contribution in [1.29, 1.82) is 0 Å². The molecule has 0 radical (unpaired) electrons. The third-order valence-electron chi connectivity index (χ3n) is 2.57. The molecule has 1 amide bonds. The van der Waals surface area contributed by atoms with E-state index >= 15 is 0 Å². The molecule has 7 nitrogen and oxygen atoms in total. The number of aromatic carboxylic acids is 1. The van der Waals surface area contributed by atoms with Crippen LogP contribution in [0.25, 0.3) is 0 Å². The monoisotopic (exact) mass is 309 g/mol. The Bertz CT molecular complexity index is 671. The van der Waals surface area contributed by atoms with E-state index in [9.17, 15) is 9.59 Å². The minimum absolute atomic E-state index is 0.104. The van der Waals surface area contributed by atoms with Crippen LogP contribution in [0, 0.1) is 0 Å². The summed E-state index contributed by atoms with van der Waals surface area (Å²) in [5.74, 6) is -1.15. The molecule has 1 aromatic heterocycles. The molecule has 21 heavy (non-hydrogen) atoms. The summed E-state index contributed by atoms with van der Waals surface area (Å²) in [6.07, 6.45) is -0.824. The van der Waals surface area contributed by atoms with Gasteiger partial charge in [-0.05, 0) is 19.1 Å². The zero-order valence-corrected chi connectivity index (χ0v) is 11.7. The summed E-state index contributed by atoms with van der Waals surface area (Å²) >= 11 is 5.93. The van der Waals surface area contributed by atoms with E-state index in [2.05, 4.69) is 15.5 Å². The number of nitrogens with zero attached hydrogens (tertiary/aromatic N) is 1. The largest absolute Gasteiger partial charge is 0.479 e. The van der Waals surface area contributed by atoms with Crippen LogP contribution in [0.5, 0.6) is 5.75 Å². The molecule has 0 aliphatic carbocycles. The Labute approximate surface area is 124 Å². The first-order valence-corrected chi connectivity index (χ1v) is 6.36. The smallest absolute Gasteiger partial charge is 0.353 e. The molecule has 0 saturated heterocycles. The Morgan fingerprint density at radius 1 is 1.43 bits per heavy atom. The van der Waals surface area contributed by atoms with Gasteiger partial charge in [-0.15, -0.1) is 0 Å². The van der Waals surface area contributed by atoms with Gasteiger partial charge in [-0.1, -0.05) is 23.7 Å². The number of nitrogens with one attached hydrogen (secondary N) is 2. The van der Waals surface area contributed by atoms with Crippen molar-refractivity contribution in [3.63, 3.8) is 0 Å². The molecule has 2 aromatic rings. The highest BCUT2D eigenvalue weighted by atomic mass is 35.5. The van der Waals surface area contributed by atoms with Crippen LogP contribution in [-0.4, -0.2) is 33.3 Å². The van der Waals surface area contributed by atoms with Gasteiger partial charge in [-0.3, -0.25) is 9.89 Å². The summed E-state index contributed by atoms with van der Waals surface area (Å²) in [4.78, 5) is 22.6. The van der Waals surface area contributed by atoms with Crippen molar-refractivity contribution >= 4 is 29.3 Å². The molecule has 0 saturated carbocycles. The van der Waals surface area contributed by atoms with Gasteiger partial charge in [0.05, 0.1) is 5.02 Å². The van der Waals surface area contributed by atoms with Crippen molar-refractivity contribution in [3.8, 4) is 5.75 Å². The number of benzene rings is 1. The second-order valence-electron chi connectivity index (χ2n) is 4.15. The van der Waals surface area contributed by atoms with Gasteiger partial charge >= 0.3 is 5.97 Å². The fourth-order valence-corrected chi connectivity index (χ4v) is 1.69. The topological polar surface area (TPSA) is 104 Å². The summed E-state index contributed by atoms with van der Waals surface area (Å²) in [6, 6.07) is 7.98. The van der Waals surface area contributed by atoms with Crippen LogP contribution in [0.4, 0.5) is 5.82 Å². The summed E-state index contributed by atoms with van der Waals surface area (Å²) in [5, 5.41) is 17.5. The summed E-state index contributed by atoms with van der Waals surface area (Å²) in [7, 11) is 0. The number of rotatable bonds is 5. The van der Waals surface area contributed by atoms with Gasteiger partial charge in [0.1, 0.15) is 11.4 Å². The van der Waals surface area contributed by atoms with E-state index < -0.39 is 18.0 Å². The lowest BCUT2D eigenvalue weighted by atomic mass is 10.3. The lowest BCUT2D eigenvalue weighted by Gasteiger charge is -2.14. The summed E-state index contributed by atoms with van der Waals surface area (Å²) in [6.45, 7) is 1.55. The maximum atomic E-state index is 11.9. The van der Waals surface area contributed by atoms with Crippen molar-refractivity contribution in [2.75, 3.05) is 5.32 Å². The average Bonchev–Trinajstić information content (AvgIpc) is 2.90. The minimum Gasteiger partial charge on any atom is -0.479 e. The Balaban J connectivity index is 1.99. The van der Waals surface area contributed by atoms with E-state index in [1.54, 1.807) is 31.2 Å². The molecule has 8 heteroatoms. The van der Waals surface area contributed by atoms with Crippen LogP contribution < -0.4 is 10.1 Å². The number of anilines is 1. The van der Waals surface area contributed by atoms with E-state index in [-0.39, 0.29) is 11.5 Å². The summed E-state index contributed by atoms with van der Waals surface area (Å²) < 4.78 is 5.44. The normalized spacial score (nSPS) is 11.7. The van der Waals surface area contributed by atoms with Gasteiger partial charge in [0.2, 0.25) is 0 Å². The summed E-state index contributed by atoms with van der Waals surface area (Å²) in [5.41, 5.74) is -0.120. The molecule has 0 bridgehead atoms. The Morgan fingerprint density at radius 2 is 2.14 bits per heavy atom. The van der Waals surface area contributed by atoms with Crippen LogP contribution in [-0.2, 0) is 4.79 Å². The van der Waals surface area contributed by atoms with Gasteiger partial charge < -0.3 is 15.2 Å². The third kappa shape index (κ3) is 3.73. The fourth-order valence-electron chi connectivity index (χ4n) is 1.51. The van der Waals surface area contributed by atoms with Crippen molar-refractivity contribution in [2.24, 2.45) is 0 Å². The van der Waals surface area contributed by atoms with Crippen LogP contribution >= 0.6 is 11.6 Å². The zero-order chi connectivity index (χ0) is 15.4. The van der Waals surface area contributed by atoms with Crippen LogP contribution in [0.1, 0.15) is 17.4 Å². The predicted molar refractivity (Wildman–Crippen MR) is 75.7 cm³/mol. The Kier molecular flexibility index (Phi) is 4.44. The van der Waals surface area contributed by atoms with E-state index in [0.29, 0.717) is 10.8 Å². The predicted octanol–water partition coefficient (Wildman–Crippen LogP) is 2.17. The molecule has 0 fully saturated rings. The molecule has 1 heterocycles. The standard InChI is InChI=1S/C13H12ClN3O4/c1-7(21-10-5-3-2-4-8(10)14)12(18)15-11-6-9(13(19)20)16-17-11/h2-7H,1H3,(H,19,20)(H2,15,16,17,18). The van der Waals surface area contributed by atoms with Crippen molar-refractivity contribution in [2.45, 2.75) is 13.0 Å². The van der Waals surface area contributed by atoms with Crippen LogP contribution in [0.15, 0.2) is 30.3 Å². The number of carboxylic acid groups (broad SMARTS) is 1. The lowest BCUT2D eigenvalue weighted by molar-refractivity contribution is -0.122. The number of amides is 1. The van der Waals surface area contributed by atoms with E-state index in [1.165, 1.54) is 6.07 Å². The molecule has 2 rings (SSSR count). The number of carboxylic acids is 1. The van der Waals surface area contributed by atoms with E-state index in [0.717, 1.165) is 0 Å². The van der Waals surface area contributed by atoms with Gasteiger partial charge in [0.15, 0.2) is 11.9 Å². The quantitative estimate of drug-likeness (QED) is 0.785. The molecular weight excluding hydrogens is 298 g/mol. The molecule has 3 N–H and O–H groups in total. The molecule has 1 aromatic carbocycles. The molecule has 0 spiro atoms. The second-order valence-corrected chi connectivity index (χ2v) is 4.56. The van der Waals surface area contributed by atoms with Gasteiger partial charge in [-0.2, -0.15) is 5.10 Å². The Morgan fingerprint density at radius 3 is 2.76 bits per heavy atom. The number of para-hydroxylation sites is 1. The van der Waals surface area contributed by atoms with Crippen LogP contribution in [0.2, 0.25) is 5.02 Å². The highest BCUT2D eigenvalue weighted by Crippen LogP contribution is 2.24. The zero-order valence-electron chi connectivity index (χ0n) is 11.0. The number of halogens is 1. The number of ether oxygens (including phenoxy) is 1. The first-order chi connectivity index (χ1) is 9.97. The highest BCUT2D eigenvalue weighted by Gasteiger charge is 2.18. The molecule has 1 unspecified atom stereocenters. The number of aromatic amines is 1. The molecule has 1 atom stereocenters. The van der Waals surface area contributed by atoms with E-state index in [1.807, 2.05) is 0 Å². The maximum absolute atomic E-state index is 11.9. The molecule has 0 aliphatic heterocycles. The molecular formula is C13H12ClN3O4. The number of aromatic nitrogens is 2. The first kappa shape index (κ1) is 14.9. The Hall–Kier alpha value is -2.54. The lowest BCUT2D eigenvalue weighted by Crippen LogP contribution is -2.30. The minimum atomic E-state index is -1.16. The number of hydrogen-bond acceptors (Lipinski definition) is 4. The molecule has 110 valence electrons. The van der Waals surface area contributed by atoms with Crippen molar-refractivity contribution < 1.29 is 19.4 Å². The number of carbonyl (C=O) groups excluding carboxylic acids is 1. The maximum Gasteiger partial charge on any atom is 0.353 e. The SMILES string of the molecule is CC(Oc1ccccc1Cl)C(=O)Nc1cc(C(=O)O)[nH]n1. The number of carbonyl (C=O) groups is 2. The molecule has 0 aliphatic rings. The van der Waals surface area contributed by atoms with Crippen molar-refractivity contribution in [1.82, 2.24) is 10.2 Å². The van der Waals surface area contributed by atoms with Gasteiger partial charge in [0, 0.05) is 6.07 Å². The van der Waals surface area contributed by atoms with Gasteiger partial charge in [-0.25, -0.2) is 4.79 Å². The van der Waals surface area contributed by atoms with Crippen molar-refractivity contribution in [3.05, 3.63) is 41.0 Å². The van der Waals surface area contributed by atoms with E-state index in [4.69, 9.17) is 21.4 Å². The number of H-pyrrole nitrogens is 1. The third-order valence-corrected chi connectivity index (χ3v) is 2.88. The first-order valence-electron chi connectivity index (χ1n) is 5.98. The average molecular weight is 310 g/mol. The number of hydrogen-bond donors (Lipinski definition) is 3. The van der Waals surface area contributed by atoms with Crippen LogP contribution in [0.3, 0.4) is 0 Å². The van der Waals surface area contributed by atoms with Gasteiger partial charge in [0.25, 0.3) is 5.91 Å². The second kappa shape index (κ2) is 6.27. The highest BCUT2D eigenvalue weighted by molar-refractivity contribution is 6.32. The fraction of sp³-hybridized carbons (Fsp3) is 0.154.